The Bertz CT molecular complexity index is 389. The molecule has 0 amide bonds. The van der Waals surface area contributed by atoms with Crippen LogP contribution in [0.5, 0.6) is 0 Å². The molecule has 1 unspecified atom stereocenters. The van der Waals surface area contributed by atoms with Gasteiger partial charge in [-0.25, -0.2) is 8.78 Å². The number of aliphatic carboxylic acids is 1. The van der Waals surface area contributed by atoms with E-state index in [0.29, 0.717) is 5.56 Å². The van der Waals surface area contributed by atoms with Gasteiger partial charge in [0.15, 0.2) is 0 Å². The number of hydrogen-bond acceptors (Lipinski definition) is 1. The fourth-order valence-electron chi connectivity index (χ4n) is 1.54. The minimum absolute atomic E-state index is 0.0706. The first-order valence-corrected chi connectivity index (χ1v) is 5.02. The lowest BCUT2D eigenvalue weighted by Gasteiger charge is -2.12. The highest BCUT2D eigenvalue weighted by Crippen LogP contribution is 2.25. The summed E-state index contributed by atoms with van der Waals surface area (Å²) >= 11 is 0. The van der Waals surface area contributed by atoms with Crippen molar-refractivity contribution < 1.29 is 18.7 Å². The molecule has 0 fully saturated rings. The maximum Gasteiger partial charge on any atom is 0.306 e. The lowest BCUT2D eigenvalue weighted by Crippen LogP contribution is -2.13. The Morgan fingerprint density at radius 3 is 2.56 bits per heavy atom. The van der Waals surface area contributed by atoms with Crippen LogP contribution < -0.4 is 0 Å². The largest absolute Gasteiger partial charge is 0.481 e. The predicted octanol–water partition coefficient (Wildman–Crippen LogP) is 3.20. The third-order valence-electron chi connectivity index (χ3n) is 2.48. The number of benzene rings is 1. The van der Waals surface area contributed by atoms with Crippen LogP contribution in [0, 0.1) is 12.8 Å². The van der Waals surface area contributed by atoms with Crippen molar-refractivity contribution in [3.63, 3.8) is 0 Å². The van der Waals surface area contributed by atoms with Crippen LogP contribution in [0.4, 0.5) is 8.78 Å². The zero-order valence-electron chi connectivity index (χ0n) is 9.21. The molecule has 0 heterocycles. The van der Waals surface area contributed by atoms with Gasteiger partial charge in [0.05, 0.1) is 5.92 Å². The first-order valence-electron chi connectivity index (χ1n) is 5.02. The maximum absolute atomic E-state index is 12.7. The van der Waals surface area contributed by atoms with E-state index < -0.39 is 18.3 Å². The summed E-state index contributed by atoms with van der Waals surface area (Å²) in [6.45, 7) is 3.31. The molecule has 0 saturated carbocycles. The topological polar surface area (TPSA) is 37.3 Å². The Labute approximate surface area is 92.9 Å². The van der Waals surface area contributed by atoms with Crippen LogP contribution in [0.15, 0.2) is 18.2 Å². The van der Waals surface area contributed by atoms with Crippen LogP contribution in [0.25, 0.3) is 0 Å². The van der Waals surface area contributed by atoms with E-state index in [1.807, 2.05) is 0 Å². The summed E-state index contributed by atoms with van der Waals surface area (Å²) in [5.41, 5.74) is 1.21. The molecule has 0 aliphatic carbocycles. The van der Waals surface area contributed by atoms with Crippen molar-refractivity contribution in [3.05, 3.63) is 34.9 Å². The van der Waals surface area contributed by atoms with Crippen molar-refractivity contribution in [1.82, 2.24) is 0 Å². The molecule has 1 N–H and O–H groups in total. The molecule has 16 heavy (non-hydrogen) atoms. The molecule has 0 aliphatic rings. The van der Waals surface area contributed by atoms with Crippen molar-refractivity contribution in [2.24, 2.45) is 5.92 Å². The second-order valence-corrected chi connectivity index (χ2v) is 3.95. The second-order valence-electron chi connectivity index (χ2n) is 3.95. The van der Waals surface area contributed by atoms with Crippen LogP contribution in [-0.4, -0.2) is 11.1 Å². The molecule has 88 valence electrons. The molecule has 0 radical (unpaired) electrons. The molecule has 0 aliphatic heterocycles. The van der Waals surface area contributed by atoms with Crippen molar-refractivity contribution in [1.29, 1.82) is 0 Å². The highest BCUT2D eigenvalue weighted by Gasteiger charge is 2.18. The van der Waals surface area contributed by atoms with Crippen molar-refractivity contribution in [2.45, 2.75) is 26.7 Å². The minimum atomic E-state index is -2.56. The first kappa shape index (κ1) is 12.6. The second kappa shape index (κ2) is 5.05. The zero-order chi connectivity index (χ0) is 12.3. The van der Waals surface area contributed by atoms with E-state index >= 15 is 0 Å². The quantitative estimate of drug-likeness (QED) is 0.859. The fourth-order valence-corrected chi connectivity index (χ4v) is 1.54. The number of carboxylic acid groups (broad SMARTS) is 1. The summed E-state index contributed by atoms with van der Waals surface area (Å²) in [6, 6.07) is 4.60. The standard InChI is InChI=1S/C12H14F2O2/c1-7-3-4-10(11(13)14)9(5-7)6-8(2)12(15)16/h3-5,8,11H,6H2,1-2H3,(H,15,16). The Kier molecular flexibility index (Phi) is 3.99. The summed E-state index contributed by atoms with van der Waals surface area (Å²) in [5, 5.41) is 8.75. The normalized spacial score (nSPS) is 12.8. The van der Waals surface area contributed by atoms with E-state index in [1.54, 1.807) is 19.1 Å². The van der Waals surface area contributed by atoms with Gasteiger partial charge >= 0.3 is 5.97 Å². The SMILES string of the molecule is Cc1ccc(C(F)F)c(CC(C)C(=O)O)c1. The molecule has 1 aromatic carbocycles. The lowest BCUT2D eigenvalue weighted by atomic mass is 9.95. The van der Waals surface area contributed by atoms with Crippen LogP contribution in [0.2, 0.25) is 0 Å². The Morgan fingerprint density at radius 2 is 2.06 bits per heavy atom. The zero-order valence-corrected chi connectivity index (χ0v) is 9.21. The summed E-state index contributed by atoms with van der Waals surface area (Å²) in [6.07, 6.45) is -2.42. The number of halogens is 2. The monoisotopic (exact) mass is 228 g/mol. The minimum Gasteiger partial charge on any atom is -0.481 e. The van der Waals surface area contributed by atoms with E-state index in [4.69, 9.17) is 5.11 Å². The number of aryl methyl sites for hydroxylation is 1. The predicted molar refractivity (Wildman–Crippen MR) is 56.6 cm³/mol. The molecule has 1 rings (SSSR count). The molecule has 0 saturated heterocycles. The highest BCUT2D eigenvalue weighted by atomic mass is 19.3. The van der Waals surface area contributed by atoms with Gasteiger partial charge in [-0.05, 0) is 18.9 Å². The molecular formula is C12H14F2O2. The smallest absolute Gasteiger partial charge is 0.306 e. The van der Waals surface area contributed by atoms with E-state index in [9.17, 15) is 13.6 Å². The lowest BCUT2D eigenvalue weighted by molar-refractivity contribution is -0.141. The average Bonchev–Trinajstić information content (AvgIpc) is 2.16. The summed E-state index contributed by atoms with van der Waals surface area (Å²) in [7, 11) is 0. The van der Waals surface area contributed by atoms with E-state index in [0.717, 1.165) is 5.56 Å². The fraction of sp³-hybridized carbons (Fsp3) is 0.417. The molecule has 0 bridgehead atoms. The van der Waals surface area contributed by atoms with Gasteiger partial charge in [-0.15, -0.1) is 0 Å². The number of carboxylic acids is 1. The number of carbonyl (C=O) groups is 1. The maximum atomic E-state index is 12.7. The van der Waals surface area contributed by atoms with Gasteiger partial charge in [-0.1, -0.05) is 30.7 Å². The van der Waals surface area contributed by atoms with Gasteiger partial charge in [0.2, 0.25) is 0 Å². The Hall–Kier alpha value is -1.45. The van der Waals surface area contributed by atoms with E-state index in [-0.39, 0.29) is 12.0 Å². The molecule has 2 nitrogen and oxygen atoms in total. The molecule has 0 spiro atoms. The summed E-state index contributed by atoms with van der Waals surface area (Å²) < 4.78 is 25.3. The third kappa shape index (κ3) is 3.02. The van der Waals surface area contributed by atoms with Gasteiger partial charge < -0.3 is 5.11 Å². The summed E-state index contributed by atoms with van der Waals surface area (Å²) in [4.78, 5) is 10.7. The number of hydrogen-bond donors (Lipinski definition) is 1. The molecule has 4 heteroatoms. The molecular weight excluding hydrogens is 214 g/mol. The number of rotatable bonds is 4. The van der Waals surface area contributed by atoms with Gasteiger partial charge in [-0.3, -0.25) is 4.79 Å². The van der Waals surface area contributed by atoms with Gasteiger partial charge in [-0.2, -0.15) is 0 Å². The Morgan fingerprint density at radius 1 is 1.44 bits per heavy atom. The number of alkyl halides is 2. The van der Waals surface area contributed by atoms with Gasteiger partial charge in [0.1, 0.15) is 0 Å². The molecule has 1 aromatic rings. The summed E-state index contributed by atoms with van der Waals surface area (Å²) in [5.74, 6) is -1.62. The van der Waals surface area contributed by atoms with Crippen LogP contribution in [-0.2, 0) is 11.2 Å². The Balaban J connectivity index is 3.01. The van der Waals surface area contributed by atoms with Gasteiger partial charge in [0, 0.05) is 5.56 Å². The van der Waals surface area contributed by atoms with Crippen LogP contribution in [0.1, 0.15) is 30.0 Å². The first-order chi connectivity index (χ1) is 7.41. The molecule has 1 atom stereocenters. The van der Waals surface area contributed by atoms with Crippen molar-refractivity contribution in [3.8, 4) is 0 Å². The third-order valence-corrected chi connectivity index (χ3v) is 2.48. The molecule has 0 aromatic heterocycles. The van der Waals surface area contributed by atoms with Crippen molar-refractivity contribution >= 4 is 5.97 Å². The van der Waals surface area contributed by atoms with Gasteiger partial charge in [0.25, 0.3) is 6.43 Å². The average molecular weight is 228 g/mol. The van der Waals surface area contributed by atoms with Crippen LogP contribution >= 0.6 is 0 Å². The highest BCUT2D eigenvalue weighted by molar-refractivity contribution is 5.70. The van der Waals surface area contributed by atoms with Crippen LogP contribution in [0.3, 0.4) is 0 Å². The van der Waals surface area contributed by atoms with Crippen molar-refractivity contribution in [2.75, 3.05) is 0 Å². The van der Waals surface area contributed by atoms with E-state index in [1.165, 1.54) is 13.0 Å². The van der Waals surface area contributed by atoms with E-state index in [2.05, 4.69) is 0 Å².